The third-order valence-corrected chi connectivity index (χ3v) is 27.5. The molecular weight excluding hydrogens is 1540 g/mol. The Kier molecular flexibility index (Phi) is 26.9. The Morgan fingerprint density at radius 3 is 1.77 bits per heavy atom. The molecule has 0 aromatic heterocycles. The van der Waals surface area contributed by atoms with Crippen molar-refractivity contribution in [1.29, 1.82) is 0 Å². The number of hydrogen-bond acceptors (Lipinski definition) is 37. The molecule has 10 fully saturated rings. The zero-order valence-electron chi connectivity index (χ0n) is 66.6. The monoisotopic (exact) mass is 1660 g/mol. The maximum absolute atomic E-state index is 16.7. The number of esters is 3. The molecule has 0 amide bonds. The first-order valence-corrected chi connectivity index (χ1v) is 39.4. The average Bonchev–Trinajstić information content (AvgIpc) is 0.729. The van der Waals surface area contributed by atoms with Crippen LogP contribution in [0.2, 0.25) is 0 Å². The molecule has 4 saturated carbocycles. The van der Waals surface area contributed by atoms with Gasteiger partial charge in [-0.25, -0.2) is 4.79 Å². The molecule has 1 aromatic carbocycles. The van der Waals surface area contributed by atoms with Gasteiger partial charge >= 0.3 is 23.9 Å². The predicted molar refractivity (Wildman–Crippen MR) is 387 cm³/mol. The summed E-state index contributed by atoms with van der Waals surface area (Å²) in [5, 5.41) is 192. The molecule has 17 N–H and O–H groups in total. The standard InChI is InChI=1S/C78H116O38/c1-32-56(111-64-52(91)47(86)39(84)27-104-64)59(112-69-62(95)78(99,30-81)31-105-69)55(94)67(106-32)114-61-60(113-65-53(92)51(90)49(88)43(109-65)28-103-34(3)82)57(110-46(85)15-12-35-22-40(100-9)58(102-11)41(23-35)101-10)33(2)107-68(61)116-71(98)76-19-18-72(4,5)24-37(76)36-13-14-44-73(6)25-38(83)63(115-66-54(93)50(89)48(87)42(26-79)108-66)75(8,70(96)97)45(73)16-17-74(44,7)77(36,29-80)21-20-76/h12-13,15,22-23,32-33,37-39,42-45,47-57,59-69,79-81,83-84,86-95,99H,14,16-21,24-31H2,1-11H3,(H,96,97)/t32-,33+,37-,38-,39+,42+,43+,44+,45+,47-,48+,49-,50-,51-,52+,53+,54+,55+,56-,57-,59-,60-,61+,62-,63-,64-,65-,66-,67-,68-,69-,73+,74+,75-,76-,77-,78+/m0/s1. The van der Waals surface area contributed by atoms with Crippen molar-refractivity contribution in [3.8, 4) is 17.2 Å². The molecule has 38 nitrogen and oxygen atoms in total. The number of benzene rings is 1. The highest BCUT2D eigenvalue weighted by atomic mass is 16.8. The lowest BCUT2D eigenvalue weighted by atomic mass is 9.33. The largest absolute Gasteiger partial charge is 0.493 e. The smallest absolute Gasteiger partial charge is 0.331 e. The van der Waals surface area contributed by atoms with Gasteiger partial charge in [0, 0.05) is 18.4 Å². The molecule has 6 heterocycles. The third kappa shape index (κ3) is 16.0. The zero-order valence-corrected chi connectivity index (χ0v) is 66.6. The van der Waals surface area contributed by atoms with Crippen LogP contribution in [-0.4, -0.2) is 349 Å². The van der Waals surface area contributed by atoms with Crippen LogP contribution in [0.25, 0.3) is 6.08 Å². The fourth-order valence-corrected chi connectivity index (χ4v) is 20.9. The number of ether oxygens (including phenoxy) is 17. The van der Waals surface area contributed by atoms with E-state index < -0.39 is 291 Å². The predicted octanol–water partition coefficient (Wildman–Crippen LogP) is -3.18. The fourth-order valence-electron chi connectivity index (χ4n) is 20.9. The number of aliphatic carboxylic acids is 1. The van der Waals surface area contributed by atoms with E-state index >= 15 is 4.79 Å². The molecular formula is C78H116O38. The summed E-state index contributed by atoms with van der Waals surface area (Å²) in [6, 6.07) is 3.03. The number of methoxy groups -OCH3 is 3. The quantitative estimate of drug-likeness (QED) is 0.0159. The van der Waals surface area contributed by atoms with E-state index in [2.05, 4.69) is 0 Å². The Labute approximate surface area is 668 Å². The van der Waals surface area contributed by atoms with E-state index in [0.717, 1.165) is 18.6 Å². The minimum atomic E-state index is -2.34. The van der Waals surface area contributed by atoms with Gasteiger partial charge in [-0.1, -0.05) is 39.3 Å². The fraction of sp³-hybridized carbons (Fsp3) is 0.821. The van der Waals surface area contributed by atoms with Crippen LogP contribution in [0, 0.1) is 50.2 Å². The molecule has 1 aromatic rings. The van der Waals surface area contributed by atoms with Crippen molar-refractivity contribution in [2.45, 2.75) is 291 Å². The molecule has 0 spiro atoms. The SMILES string of the molecule is COc1cc(C=CC(=O)O[C@@H]2[C@H](O[C@@H]3O[C@H](COC(C)=O)[C@H](O)[C@H](O)[C@H]3O)[C@@H](O[C@@H]3O[C@@H](C)[C@H](O[C@@H]4OC[C@@H](O)[C@H](O)[C@H]4O)[C@@H](O[C@@H]4OC[C@](O)(CO)[C@H]4O)[C@H]3O)[C@H](OC(=O)[C@]34CCC(C)(C)C[C@H]3C3=CC[C@@H]5[C@@]6(C)C[C@H](O)[C@H](O[C@@H]7O[C@H](CO)[C@@H](O)[C@H](O)[C@H]7O)[C@@](C)(C(=O)O)[C@@H]6CC[C@@]5(C)[C@]3(CO)CC4)O[C@@H]2C)cc(OC)c1OC. The van der Waals surface area contributed by atoms with Crippen molar-refractivity contribution in [3.05, 3.63) is 35.4 Å². The van der Waals surface area contributed by atoms with Gasteiger partial charge in [0.25, 0.3) is 0 Å². The molecule has 0 bridgehead atoms. The first-order chi connectivity index (χ1) is 54.6. The summed E-state index contributed by atoms with van der Waals surface area (Å²) in [5.74, 6) is -5.59. The van der Waals surface area contributed by atoms with Crippen LogP contribution in [0.3, 0.4) is 0 Å². The van der Waals surface area contributed by atoms with Gasteiger partial charge in [0.05, 0.1) is 83.5 Å². The first-order valence-electron chi connectivity index (χ1n) is 39.4. The van der Waals surface area contributed by atoms with Gasteiger partial charge in [-0.2, -0.15) is 0 Å². The van der Waals surface area contributed by atoms with E-state index in [9.17, 15) is 101 Å². The van der Waals surface area contributed by atoms with Crippen molar-refractivity contribution in [1.82, 2.24) is 0 Å². The second-order valence-corrected chi connectivity index (χ2v) is 34.8. The number of rotatable bonds is 24. The number of carbonyl (C=O) groups is 4. The average molecular weight is 1660 g/mol. The number of allylic oxidation sites excluding steroid dienone is 1. The number of hydrogen-bond donors (Lipinski definition) is 17. The van der Waals surface area contributed by atoms with Gasteiger partial charge in [0.15, 0.2) is 55.2 Å². The lowest BCUT2D eigenvalue weighted by Crippen LogP contribution is -2.71. The van der Waals surface area contributed by atoms with Crippen LogP contribution in [0.1, 0.15) is 119 Å². The molecule has 38 heteroatoms. The molecule has 656 valence electrons. The lowest BCUT2D eigenvalue weighted by molar-refractivity contribution is -0.397. The number of aliphatic hydroxyl groups excluding tert-OH is 15. The molecule has 0 unspecified atom stereocenters. The lowest BCUT2D eigenvalue weighted by Gasteiger charge is -2.71. The molecule has 116 heavy (non-hydrogen) atoms. The summed E-state index contributed by atoms with van der Waals surface area (Å²) in [7, 11) is 4.14. The van der Waals surface area contributed by atoms with Crippen molar-refractivity contribution in [2.75, 3.05) is 61.0 Å². The molecule has 37 atom stereocenters. The highest BCUT2D eigenvalue weighted by Gasteiger charge is 2.74. The van der Waals surface area contributed by atoms with E-state index in [4.69, 9.17) is 80.5 Å². The Hall–Kier alpha value is -5.10. The van der Waals surface area contributed by atoms with Crippen LogP contribution in [-0.2, 0) is 85.5 Å². The Bertz CT molecular complexity index is 3670. The second kappa shape index (κ2) is 34.7. The zero-order chi connectivity index (χ0) is 84.8. The third-order valence-electron chi connectivity index (χ3n) is 27.5. The number of carbonyl (C=O) groups excluding carboxylic acids is 3. The molecule has 6 aliphatic heterocycles. The normalized spacial score (nSPS) is 47.4. The summed E-state index contributed by atoms with van der Waals surface area (Å²) in [6.45, 7) is 8.97. The van der Waals surface area contributed by atoms with Crippen molar-refractivity contribution in [3.63, 3.8) is 0 Å². The molecule has 11 aliphatic rings. The van der Waals surface area contributed by atoms with Crippen LogP contribution in [0.5, 0.6) is 17.2 Å². The van der Waals surface area contributed by atoms with Crippen LogP contribution in [0.15, 0.2) is 29.9 Å². The van der Waals surface area contributed by atoms with E-state index in [1.165, 1.54) is 60.3 Å². The molecule has 6 saturated heterocycles. The number of carboxylic acids is 1. The van der Waals surface area contributed by atoms with Gasteiger partial charge in [0.1, 0.15) is 116 Å². The second-order valence-electron chi connectivity index (χ2n) is 34.8. The molecule has 12 rings (SSSR count). The number of fused-ring (bicyclic) bond motifs is 7. The van der Waals surface area contributed by atoms with Crippen LogP contribution in [0.4, 0.5) is 0 Å². The van der Waals surface area contributed by atoms with Gasteiger partial charge in [-0.05, 0) is 136 Å². The minimum Gasteiger partial charge on any atom is -0.493 e. The topological polar surface area (TPSA) is 569 Å². The van der Waals surface area contributed by atoms with E-state index in [0.29, 0.717) is 24.8 Å². The van der Waals surface area contributed by atoms with Gasteiger partial charge < -0.3 is 167 Å². The van der Waals surface area contributed by atoms with Gasteiger partial charge in [-0.3, -0.25) is 14.4 Å². The summed E-state index contributed by atoms with van der Waals surface area (Å²) >= 11 is 0. The van der Waals surface area contributed by atoms with E-state index in [1.54, 1.807) is 0 Å². The Morgan fingerprint density at radius 2 is 1.16 bits per heavy atom. The Morgan fingerprint density at radius 1 is 0.569 bits per heavy atom. The Balaban J connectivity index is 0.936. The summed E-state index contributed by atoms with van der Waals surface area (Å²) in [5.41, 5.74) is -8.34. The van der Waals surface area contributed by atoms with E-state index in [1.807, 2.05) is 33.8 Å². The highest BCUT2D eigenvalue weighted by molar-refractivity contribution is 5.87. The molecule has 5 aliphatic carbocycles. The maximum Gasteiger partial charge on any atom is 0.331 e. The van der Waals surface area contributed by atoms with Crippen molar-refractivity contribution < 1.29 is 187 Å². The number of carboxylic acid groups (broad SMARTS) is 1. The summed E-state index contributed by atoms with van der Waals surface area (Å²) < 4.78 is 103. The molecule has 0 radical (unpaired) electrons. The highest BCUT2D eigenvalue weighted by Crippen LogP contribution is 2.76. The van der Waals surface area contributed by atoms with Crippen molar-refractivity contribution >= 4 is 30.0 Å². The van der Waals surface area contributed by atoms with Crippen LogP contribution >= 0.6 is 0 Å². The maximum atomic E-state index is 16.7. The van der Waals surface area contributed by atoms with Gasteiger partial charge in [-0.15, -0.1) is 0 Å². The first kappa shape index (κ1) is 90.1. The van der Waals surface area contributed by atoms with Crippen LogP contribution < -0.4 is 14.2 Å². The van der Waals surface area contributed by atoms with E-state index in [-0.39, 0.29) is 55.8 Å². The number of aliphatic hydroxyl groups is 16. The van der Waals surface area contributed by atoms with Gasteiger partial charge in [0.2, 0.25) is 12.0 Å². The summed E-state index contributed by atoms with van der Waals surface area (Å²) in [4.78, 5) is 57.7. The minimum absolute atomic E-state index is 0.0218. The summed E-state index contributed by atoms with van der Waals surface area (Å²) in [6.07, 6.45) is -46.3. The van der Waals surface area contributed by atoms with Crippen molar-refractivity contribution in [2.24, 2.45) is 50.2 Å².